The third kappa shape index (κ3) is 2.71. The molecule has 0 aliphatic heterocycles. The second-order valence-electron chi connectivity index (χ2n) is 3.05. The van der Waals surface area contributed by atoms with Gasteiger partial charge in [0.1, 0.15) is 5.75 Å². The number of benzene rings is 1. The van der Waals surface area contributed by atoms with E-state index in [9.17, 15) is 0 Å². The van der Waals surface area contributed by atoms with E-state index in [1.807, 2.05) is 0 Å². The summed E-state index contributed by atoms with van der Waals surface area (Å²) in [6.07, 6.45) is 0. The van der Waals surface area contributed by atoms with E-state index in [-0.39, 0.29) is 13.2 Å². The van der Waals surface area contributed by atoms with Crippen LogP contribution in [0.5, 0.6) is 5.75 Å². The zero-order valence-electron chi connectivity index (χ0n) is 8.39. The van der Waals surface area contributed by atoms with Gasteiger partial charge in [0.25, 0.3) is 5.89 Å². The lowest BCUT2D eigenvalue weighted by atomic mass is 10.3. The lowest BCUT2D eigenvalue weighted by molar-refractivity contribution is 0.242. The van der Waals surface area contributed by atoms with Gasteiger partial charge >= 0.3 is 0 Å². The molecular weight excluding hydrogens is 230 g/mol. The summed E-state index contributed by atoms with van der Waals surface area (Å²) in [5.41, 5.74) is 5.35. The van der Waals surface area contributed by atoms with Gasteiger partial charge in [0, 0.05) is 5.02 Å². The smallest absolute Gasteiger partial charge is 0.264 e. The highest BCUT2D eigenvalue weighted by molar-refractivity contribution is 6.30. The van der Waals surface area contributed by atoms with Crippen LogP contribution in [-0.4, -0.2) is 10.1 Å². The molecule has 1 aromatic carbocycles. The first kappa shape index (κ1) is 10.9. The minimum atomic E-state index is 0.202. The Hall–Kier alpha value is -1.59. The fourth-order valence-electron chi connectivity index (χ4n) is 1.13. The fraction of sp³-hybridized carbons (Fsp3) is 0.200. The number of halogens is 1. The first-order chi connectivity index (χ1) is 7.78. The molecule has 0 amide bonds. The fourth-order valence-corrected chi connectivity index (χ4v) is 1.31. The molecule has 0 saturated heterocycles. The van der Waals surface area contributed by atoms with Crippen molar-refractivity contribution in [2.45, 2.75) is 13.2 Å². The Balaban J connectivity index is 1.96. The zero-order chi connectivity index (χ0) is 11.4. The molecule has 6 heteroatoms. The second kappa shape index (κ2) is 4.96. The molecule has 2 aromatic rings. The van der Waals surface area contributed by atoms with Crippen molar-refractivity contribution < 1.29 is 9.26 Å². The van der Waals surface area contributed by atoms with E-state index in [1.54, 1.807) is 24.3 Å². The van der Waals surface area contributed by atoms with Crippen molar-refractivity contribution in [1.82, 2.24) is 10.1 Å². The van der Waals surface area contributed by atoms with E-state index >= 15 is 0 Å². The summed E-state index contributed by atoms with van der Waals surface area (Å²) < 4.78 is 10.3. The standard InChI is InChI=1S/C10H10ClN3O2/c11-7-2-1-3-8(4-7)15-6-10-13-9(5-12)14-16-10/h1-4H,5-6,12H2. The highest BCUT2D eigenvalue weighted by Gasteiger charge is 2.05. The van der Waals surface area contributed by atoms with Gasteiger partial charge in [-0.3, -0.25) is 0 Å². The Morgan fingerprint density at radius 3 is 3.00 bits per heavy atom. The van der Waals surface area contributed by atoms with E-state index < -0.39 is 0 Å². The SMILES string of the molecule is NCc1noc(COc2cccc(Cl)c2)n1. The van der Waals surface area contributed by atoms with E-state index in [1.165, 1.54) is 0 Å². The van der Waals surface area contributed by atoms with E-state index in [0.717, 1.165) is 0 Å². The number of hydrogen-bond acceptors (Lipinski definition) is 5. The van der Waals surface area contributed by atoms with Crippen LogP contribution in [0.4, 0.5) is 0 Å². The van der Waals surface area contributed by atoms with Gasteiger partial charge in [0.15, 0.2) is 12.4 Å². The average molecular weight is 240 g/mol. The zero-order valence-corrected chi connectivity index (χ0v) is 9.15. The van der Waals surface area contributed by atoms with Gasteiger partial charge in [0.05, 0.1) is 6.54 Å². The second-order valence-corrected chi connectivity index (χ2v) is 3.49. The molecule has 0 unspecified atom stereocenters. The van der Waals surface area contributed by atoms with Crippen LogP contribution in [0.1, 0.15) is 11.7 Å². The molecule has 0 aliphatic carbocycles. The van der Waals surface area contributed by atoms with E-state index in [2.05, 4.69) is 10.1 Å². The van der Waals surface area contributed by atoms with Crippen LogP contribution in [0.3, 0.4) is 0 Å². The van der Waals surface area contributed by atoms with Gasteiger partial charge < -0.3 is 15.0 Å². The predicted molar refractivity (Wildman–Crippen MR) is 58.0 cm³/mol. The van der Waals surface area contributed by atoms with Crippen molar-refractivity contribution in [3.63, 3.8) is 0 Å². The summed E-state index contributed by atoms with van der Waals surface area (Å²) in [6.45, 7) is 0.452. The molecule has 0 fully saturated rings. The van der Waals surface area contributed by atoms with Crippen molar-refractivity contribution >= 4 is 11.6 Å². The van der Waals surface area contributed by atoms with Crippen molar-refractivity contribution in [3.05, 3.63) is 41.0 Å². The highest BCUT2D eigenvalue weighted by Crippen LogP contribution is 2.17. The van der Waals surface area contributed by atoms with Gasteiger partial charge in [-0.25, -0.2) is 0 Å². The number of rotatable bonds is 4. The van der Waals surface area contributed by atoms with Crippen LogP contribution in [-0.2, 0) is 13.2 Å². The molecule has 1 heterocycles. The summed E-state index contributed by atoms with van der Waals surface area (Å²) in [6, 6.07) is 7.08. The summed E-state index contributed by atoms with van der Waals surface area (Å²) in [4.78, 5) is 4.01. The van der Waals surface area contributed by atoms with Crippen LogP contribution >= 0.6 is 11.6 Å². The van der Waals surface area contributed by atoms with Crippen LogP contribution < -0.4 is 10.5 Å². The molecule has 0 aliphatic rings. The molecular formula is C10H10ClN3O2. The van der Waals surface area contributed by atoms with E-state index in [4.69, 9.17) is 26.6 Å². The van der Waals surface area contributed by atoms with Crippen molar-refractivity contribution in [2.75, 3.05) is 0 Å². The normalized spacial score (nSPS) is 10.4. The molecule has 2 N–H and O–H groups in total. The number of nitrogens with two attached hydrogens (primary N) is 1. The predicted octanol–water partition coefficient (Wildman–Crippen LogP) is 1.76. The monoisotopic (exact) mass is 239 g/mol. The van der Waals surface area contributed by atoms with Crippen molar-refractivity contribution in [1.29, 1.82) is 0 Å². The van der Waals surface area contributed by atoms with Gasteiger partial charge in [-0.1, -0.05) is 22.8 Å². The quantitative estimate of drug-likeness (QED) is 0.880. The molecule has 0 saturated carbocycles. The summed E-state index contributed by atoms with van der Waals surface area (Å²) in [7, 11) is 0. The van der Waals surface area contributed by atoms with Crippen molar-refractivity contribution in [3.8, 4) is 5.75 Å². The molecule has 0 radical (unpaired) electrons. The highest BCUT2D eigenvalue weighted by atomic mass is 35.5. The maximum absolute atomic E-state index is 5.81. The Morgan fingerprint density at radius 2 is 2.31 bits per heavy atom. The Labute approximate surface area is 97.2 Å². The third-order valence-electron chi connectivity index (χ3n) is 1.85. The Morgan fingerprint density at radius 1 is 1.44 bits per heavy atom. The van der Waals surface area contributed by atoms with Gasteiger partial charge in [-0.05, 0) is 18.2 Å². The van der Waals surface area contributed by atoms with Crippen LogP contribution in [0, 0.1) is 0 Å². The lowest BCUT2D eigenvalue weighted by Gasteiger charge is -2.02. The number of nitrogens with zero attached hydrogens (tertiary/aromatic N) is 2. The summed E-state index contributed by atoms with van der Waals surface area (Å²) >= 11 is 5.81. The maximum Gasteiger partial charge on any atom is 0.264 e. The average Bonchev–Trinajstić information content (AvgIpc) is 2.74. The third-order valence-corrected chi connectivity index (χ3v) is 2.09. The van der Waals surface area contributed by atoms with Gasteiger partial charge in [0.2, 0.25) is 0 Å². The Bertz CT molecular complexity index is 473. The van der Waals surface area contributed by atoms with E-state index in [0.29, 0.717) is 22.5 Å². The topological polar surface area (TPSA) is 74.2 Å². The minimum absolute atomic E-state index is 0.202. The first-order valence-corrected chi connectivity index (χ1v) is 5.05. The number of ether oxygens (including phenoxy) is 1. The minimum Gasteiger partial charge on any atom is -0.484 e. The molecule has 1 aromatic heterocycles. The van der Waals surface area contributed by atoms with Crippen LogP contribution in [0.2, 0.25) is 5.02 Å². The molecule has 5 nitrogen and oxygen atoms in total. The lowest BCUT2D eigenvalue weighted by Crippen LogP contribution is -1.99. The molecule has 2 rings (SSSR count). The molecule has 0 atom stereocenters. The summed E-state index contributed by atoms with van der Waals surface area (Å²) in [5.74, 6) is 1.50. The summed E-state index contributed by atoms with van der Waals surface area (Å²) in [5, 5.41) is 4.26. The first-order valence-electron chi connectivity index (χ1n) is 4.68. The number of hydrogen-bond donors (Lipinski definition) is 1. The Kier molecular flexibility index (Phi) is 3.38. The van der Waals surface area contributed by atoms with Crippen LogP contribution in [0.25, 0.3) is 0 Å². The van der Waals surface area contributed by atoms with Crippen molar-refractivity contribution in [2.24, 2.45) is 5.73 Å². The van der Waals surface area contributed by atoms with Crippen LogP contribution in [0.15, 0.2) is 28.8 Å². The largest absolute Gasteiger partial charge is 0.484 e. The molecule has 16 heavy (non-hydrogen) atoms. The van der Waals surface area contributed by atoms with Gasteiger partial charge in [-0.15, -0.1) is 0 Å². The van der Waals surface area contributed by atoms with Gasteiger partial charge in [-0.2, -0.15) is 4.98 Å². The molecule has 0 spiro atoms. The number of aromatic nitrogens is 2. The molecule has 84 valence electrons. The maximum atomic E-state index is 5.81. The molecule has 0 bridgehead atoms.